The van der Waals surface area contributed by atoms with Gasteiger partial charge in [-0.25, -0.2) is 4.39 Å². The van der Waals surface area contributed by atoms with Crippen LogP contribution in [0.25, 0.3) is 0 Å². The second kappa shape index (κ2) is 4.28. The molecule has 1 saturated carbocycles. The molecule has 0 unspecified atom stereocenters. The van der Waals surface area contributed by atoms with Crippen LogP contribution in [0.15, 0.2) is 18.2 Å². The molecule has 0 radical (unpaired) electrons. The van der Waals surface area contributed by atoms with Crippen LogP contribution in [0.2, 0.25) is 5.02 Å². The van der Waals surface area contributed by atoms with E-state index in [1.54, 1.807) is 12.1 Å². The van der Waals surface area contributed by atoms with Crippen LogP contribution in [0.4, 0.5) is 4.39 Å². The Morgan fingerprint density at radius 3 is 2.73 bits per heavy atom. The van der Waals surface area contributed by atoms with Crippen molar-refractivity contribution in [2.45, 2.75) is 24.9 Å². The van der Waals surface area contributed by atoms with Crippen molar-refractivity contribution in [2.75, 3.05) is 5.88 Å². The maximum Gasteiger partial charge on any atom is 0.127 e. The minimum Gasteiger partial charge on any atom is -0.306 e. The molecule has 0 saturated heterocycles. The highest BCUT2D eigenvalue weighted by molar-refractivity contribution is 6.30. The monoisotopic (exact) mass is 247 g/mol. The number of hydrogen-bond donors (Lipinski definition) is 1. The van der Waals surface area contributed by atoms with Gasteiger partial charge in [0.1, 0.15) is 5.82 Å². The van der Waals surface area contributed by atoms with Gasteiger partial charge in [0.05, 0.1) is 0 Å². The number of rotatable bonds is 4. The molecule has 0 amide bonds. The van der Waals surface area contributed by atoms with Crippen molar-refractivity contribution in [3.05, 3.63) is 34.6 Å². The second-order valence-corrected chi connectivity index (χ2v) is 4.71. The molecule has 1 aromatic rings. The fourth-order valence-corrected chi connectivity index (χ4v) is 2.03. The van der Waals surface area contributed by atoms with Gasteiger partial charge in [-0.2, -0.15) is 0 Å². The van der Waals surface area contributed by atoms with Gasteiger partial charge in [-0.15, -0.1) is 11.6 Å². The van der Waals surface area contributed by atoms with Crippen molar-refractivity contribution in [2.24, 2.45) is 0 Å². The zero-order valence-corrected chi connectivity index (χ0v) is 9.71. The summed E-state index contributed by atoms with van der Waals surface area (Å²) < 4.78 is 13.3. The Kier molecular flexibility index (Phi) is 3.19. The van der Waals surface area contributed by atoms with E-state index in [1.165, 1.54) is 6.07 Å². The van der Waals surface area contributed by atoms with Crippen LogP contribution in [-0.2, 0) is 6.54 Å². The Labute approximate surface area is 98.6 Å². The molecule has 0 heterocycles. The quantitative estimate of drug-likeness (QED) is 0.806. The summed E-state index contributed by atoms with van der Waals surface area (Å²) in [5.74, 6) is 0.354. The molecule has 0 atom stereocenters. The Balaban J connectivity index is 2.01. The van der Waals surface area contributed by atoms with E-state index in [0.717, 1.165) is 12.8 Å². The Morgan fingerprint density at radius 2 is 2.13 bits per heavy atom. The highest BCUT2D eigenvalue weighted by Gasteiger charge is 2.41. The van der Waals surface area contributed by atoms with Crippen molar-refractivity contribution < 1.29 is 4.39 Å². The van der Waals surface area contributed by atoms with Gasteiger partial charge in [-0.05, 0) is 31.0 Å². The second-order valence-electron chi connectivity index (χ2n) is 4.00. The lowest BCUT2D eigenvalue weighted by Gasteiger charge is -2.14. The molecule has 1 fully saturated rings. The molecule has 4 heteroatoms. The number of halogens is 3. The lowest BCUT2D eigenvalue weighted by molar-refractivity contribution is 0.522. The molecular weight excluding hydrogens is 236 g/mol. The molecule has 1 aliphatic rings. The zero-order chi connectivity index (χ0) is 10.9. The third-order valence-corrected chi connectivity index (χ3v) is 3.52. The number of benzene rings is 1. The zero-order valence-electron chi connectivity index (χ0n) is 8.19. The fourth-order valence-electron chi connectivity index (χ4n) is 1.47. The van der Waals surface area contributed by atoms with Crippen molar-refractivity contribution in [3.63, 3.8) is 0 Å². The topological polar surface area (TPSA) is 12.0 Å². The Hall–Kier alpha value is -0.310. The van der Waals surface area contributed by atoms with Crippen molar-refractivity contribution in [3.8, 4) is 0 Å². The fraction of sp³-hybridized carbons (Fsp3) is 0.455. The molecule has 1 N–H and O–H groups in total. The van der Waals surface area contributed by atoms with Crippen LogP contribution < -0.4 is 5.32 Å². The molecule has 1 nitrogen and oxygen atoms in total. The third-order valence-electron chi connectivity index (χ3n) is 2.77. The van der Waals surface area contributed by atoms with Crippen LogP contribution in [0, 0.1) is 5.82 Å². The predicted molar refractivity (Wildman–Crippen MR) is 60.9 cm³/mol. The minimum atomic E-state index is -0.225. The Morgan fingerprint density at radius 1 is 1.40 bits per heavy atom. The summed E-state index contributed by atoms with van der Waals surface area (Å²) in [7, 11) is 0. The van der Waals surface area contributed by atoms with E-state index in [-0.39, 0.29) is 11.4 Å². The SMILES string of the molecule is Fc1ccc(Cl)cc1CNC1(CCl)CC1. The molecular formula is C11H12Cl2FN. The first-order valence-corrected chi connectivity index (χ1v) is 5.81. The Bertz CT molecular complexity index is 364. The maximum absolute atomic E-state index is 13.3. The molecule has 0 bridgehead atoms. The summed E-state index contributed by atoms with van der Waals surface area (Å²) >= 11 is 11.6. The van der Waals surface area contributed by atoms with E-state index in [4.69, 9.17) is 23.2 Å². The summed E-state index contributed by atoms with van der Waals surface area (Å²) in [5, 5.41) is 3.83. The first-order chi connectivity index (χ1) is 7.15. The number of hydrogen-bond acceptors (Lipinski definition) is 1. The summed E-state index contributed by atoms with van der Waals surface area (Å²) in [6, 6.07) is 4.59. The van der Waals surface area contributed by atoms with E-state index in [2.05, 4.69) is 5.32 Å². The van der Waals surface area contributed by atoms with Gasteiger partial charge in [-0.3, -0.25) is 0 Å². The van der Waals surface area contributed by atoms with Gasteiger partial charge in [0.25, 0.3) is 0 Å². The van der Waals surface area contributed by atoms with Crippen LogP contribution >= 0.6 is 23.2 Å². The average Bonchev–Trinajstić information content (AvgIpc) is 3.00. The summed E-state index contributed by atoms with van der Waals surface area (Å²) in [5.41, 5.74) is 0.634. The average molecular weight is 248 g/mol. The normalized spacial score (nSPS) is 17.8. The smallest absolute Gasteiger partial charge is 0.127 e. The highest BCUT2D eigenvalue weighted by Crippen LogP contribution is 2.36. The van der Waals surface area contributed by atoms with Crippen LogP contribution in [0.5, 0.6) is 0 Å². The molecule has 2 rings (SSSR count). The molecule has 0 aliphatic heterocycles. The van der Waals surface area contributed by atoms with E-state index >= 15 is 0 Å². The number of nitrogens with one attached hydrogen (secondary N) is 1. The van der Waals surface area contributed by atoms with Crippen LogP contribution in [0.1, 0.15) is 18.4 Å². The van der Waals surface area contributed by atoms with Crippen LogP contribution in [0.3, 0.4) is 0 Å². The number of alkyl halides is 1. The molecule has 1 aliphatic carbocycles. The van der Waals surface area contributed by atoms with E-state index < -0.39 is 0 Å². The first kappa shape index (κ1) is 11.2. The van der Waals surface area contributed by atoms with E-state index in [9.17, 15) is 4.39 Å². The lowest BCUT2D eigenvalue weighted by Crippen LogP contribution is -2.32. The highest BCUT2D eigenvalue weighted by atomic mass is 35.5. The first-order valence-electron chi connectivity index (χ1n) is 4.90. The minimum absolute atomic E-state index is 0.0380. The predicted octanol–water partition coefficient (Wildman–Crippen LogP) is 3.34. The molecule has 1 aromatic carbocycles. The van der Waals surface area contributed by atoms with Crippen molar-refractivity contribution in [1.82, 2.24) is 5.32 Å². The van der Waals surface area contributed by atoms with Gasteiger partial charge in [0.2, 0.25) is 0 Å². The van der Waals surface area contributed by atoms with E-state index in [0.29, 0.717) is 23.0 Å². The molecule has 0 spiro atoms. The largest absolute Gasteiger partial charge is 0.306 e. The van der Waals surface area contributed by atoms with Gasteiger partial charge >= 0.3 is 0 Å². The summed E-state index contributed by atoms with van der Waals surface area (Å²) in [6.45, 7) is 0.485. The summed E-state index contributed by atoms with van der Waals surface area (Å²) in [6.07, 6.45) is 2.14. The van der Waals surface area contributed by atoms with Gasteiger partial charge in [0, 0.05) is 28.5 Å². The molecule has 15 heavy (non-hydrogen) atoms. The third kappa shape index (κ3) is 2.63. The van der Waals surface area contributed by atoms with E-state index in [1.807, 2.05) is 0 Å². The van der Waals surface area contributed by atoms with Crippen molar-refractivity contribution in [1.29, 1.82) is 0 Å². The van der Waals surface area contributed by atoms with Gasteiger partial charge < -0.3 is 5.32 Å². The van der Waals surface area contributed by atoms with Crippen LogP contribution in [-0.4, -0.2) is 11.4 Å². The standard InChI is InChI=1S/C11H12Cl2FN/c12-7-11(3-4-11)15-6-8-5-9(13)1-2-10(8)14/h1-2,5,15H,3-4,6-7H2. The van der Waals surface area contributed by atoms with Gasteiger partial charge in [-0.1, -0.05) is 11.6 Å². The molecule has 82 valence electrons. The van der Waals surface area contributed by atoms with Crippen molar-refractivity contribution >= 4 is 23.2 Å². The summed E-state index contributed by atoms with van der Waals surface area (Å²) in [4.78, 5) is 0. The maximum atomic E-state index is 13.3. The van der Waals surface area contributed by atoms with Gasteiger partial charge in [0.15, 0.2) is 0 Å². The lowest BCUT2D eigenvalue weighted by atomic mass is 10.2. The molecule has 0 aromatic heterocycles.